The molecular weight excluding hydrogens is 453 g/mol. The number of carbonyl (C=O) groups excluding carboxylic acids is 3. The number of nitrogens with zero attached hydrogens (tertiary/aromatic N) is 3. The Morgan fingerprint density at radius 1 is 1.29 bits per heavy atom. The fourth-order valence-corrected chi connectivity index (χ4v) is 3.91. The van der Waals surface area contributed by atoms with Gasteiger partial charge in [-0.25, -0.2) is 19.9 Å². The first kappa shape index (κ1) is 26.2. The maximum absolute atomic E-state index is 13.5. The van der Waals surface area contributed by atoms with E-state index in [1.165, 1.54) is 17.1 Å². The first-order chi connectivity index (χ1) is 17.0. The second kappa shape index (κ2) is 13.5. The Balaban J connectivity index is 1.66. The molecule has 1 fully saturated rings. The van der Waals surface area contributed by atoms with Gasteiger partial charge in [-0.2, -0.15) is 0 Å². The molecule has 1 aromatic carbocycles. The molecule has 2 N–H and O–H groups in total. The van der Waals surface area contributed by atoms with Gasteiger partial charge in [0.1, 0.15) is 24.3 Å². The third-order valence-corrected chi connectivity index (χ3v) is 5.79. The lowest BCUT2D eigenvalue weighted by atomic mass is 9.99. The Bertz CT molecular complexity index is 960. The summed E-state index contributed by atoms with van der Waals surface area (Å²) in [6, 6.07) is 11.2. The third-order valence-electron chi connectivity index (χ3n) is 5.79. The third kappa shape index (κ3) is 7.83. The Labute approximate surface area is 204 Å². The molecular formula is C25H32FN5O4. The smallest absolute Gasteiger partial charge is 0.250 e. The van der Waals surface area contributed by atoms with Crippen molar-refractivity contribution in [3.63, 3.8) is 0 Å². The van der Waals surface area contributed by atoms with Crippen molar-refractivity contribution in [1.29, 1.82) is 0 Å². The zero-order valence-corrected chi connectivity index (χ0v) is 19.9. The Kier molecular flexibility index (Phi) is 10.1. The van der Waals surface area contributed by atoms with Gasteiger partial charge in [0.2, 0.25) is 18.2 Å². The van der Waals surface area contributed by atoms with Gasteiger partial charge >= 0.3 is 0 Å². The molecule has 3 amide bonds. The second-order valence-electron chi connectivity index (χ2n) is 8.43. The summed E-state index contributed by atoms with van der Waals surface area (Å²) in [6.45, 7) is 2.80. The molecule has 0 bridgehead atoms. The van der Waals surface area contributed by atoms with E-state index in [1.54, 1.807) is 0 Å². The van der Waals surface area contributed by atoms with Crippen LogP contribution in [0.25, 0.3) is 0 Å². The highest BCUT2D eigenvalue weighted by Crippen LogP contribution is 2.20. The van der Waals surface area contributed by atoms with Gasteiger partial charge in [0.05, 0.1) is 18.7 Å². The molecule has 2 atom stereocenters. The van der Waals surface area contributed by atoms with Crippen molar-refractivity contribution in [2.45, 2.75) is 51.7 Å². The summed E-state index contributed by atoms with van der Waals surface area (Å²) in [4.78, 5) is 47.6. The number of hydrogen-bond donors (Lipinski definition) is 2. The number of hydroxylamine groups is 2. The van der Waals surface area contributed by atoms with Gasteiger partial charge in [-0.1, -0.05) is 56.5 Å². The van der Waals surface area contributed by atoms with E-state index in [9.17, 15) is 18.8 Å². The standard InChI is InChI=1S/C25H32FN5O4/c1-2-3-5-10-20(16-30(18-32)35-17-19-8-6-4-7-9-19)25(34)31-22(13-14-28-31)24(33)29-23-12-11-21(26)15-27-23/h4,6-9,11-12,15,18,20,22,28H,2-3,5,10,13-14,16-17H2,1H3,(H,27,29,33)/t20-,22+/m1/s1. The fraction of sp³-hybridized carbons (Fsp3) is 0.440. The lowest BCUT2D eigenvalue weighted by Gasteiger charge is -2.29. The van der Waals surface area contributed by atoms with Crippen molar-refractivity contribution in [1.82, 2.24) is 20.5 Å². The van der Waals surface area contributed by atoms with Crippen LogP contribution in [0.1, 0.15) is 44.6 Å². The Morgan fingerprint density at radius 3 is 2.77 bits per heavy atom. The SMILES string of the molecule is CCCCC[C@H](CN(C=O)OCc1ccccc1)C(=O)N1NCC[C@H]1C(=O)Nc1ccc(F)cn1. The maximum atomic E-state index is 13.5. The Hall–Kier alpha value is -3.37. The Morgan fingerprint density at radius 2 is 2.09 bits per heavy atom. The van der Waals surface area contributed by atoms with Gasteiger partial charge in [0.25, 0.3) is 0 Å². The summed E-state index contributed by atoms with van der Waals surface area (Å²) in [6.07, 6.45) is 5.30. The van der Waals surface area contributed by atoms with E-state index in [-0.39, 0.29) is 24.9 Å². The molecule has 2 aromatic rings. The average molecular weight is 486 g/mol. The van der Waals surface area contributed by atoms with Crippen LogP contribution in [0, 0.1) is 11.7 Å². The molecule has 0 saturated carbocycles. The zero-order chi connectivity index (χ0) is 25.0. The monoisotopic (exact) mass is 485 g/mol. The van der Waals surface area contributed by atoms with Crippen molar-refractivity contribution in [2.24, 2.45) is 5.92 Å². The van der Waals surface area contributed by atoms with Crippen molar-refractivity contribution < 1.29 is 23.6 Å². The molecule has 1 saturated heterocycles. The molecule has 1 aromatic heterocycles. The van der Waals surface area contributed by atoms with E-state index in [1.807, 2.05) is 30.3 Å². The topological polar surface area (TPSA) is 104 Å². The molecule has 188 valence electrons. The highest BCUT2D eigenvalue weighted by atomic mass is 19.1. The normalized spacial score (nSPS) is 16.1. The predicted octanol–water partition coefficient (Wildman–Crippen LogP) is 3.05. The van der Waals surface area contributed by atoms with Crippen LogP contribution >= 0.6 is 0 Å². The van der Waals surface area contributed by atoms with Crippen LogP contribution in [0.4, 0.5) is 10.2 Å². The molecule has 10 heteroatoms. The van der Waals surface area contributed by atoms with Crippen LogP contribution in [0.15, 0.2) is 48.7 Å². The number of hydrogen-bond acceptors (Lipinski definition) is 6. The van der Waals surface area contributed by atoms with Crippen LogP contribution in [0.5, 0.6) is 0 Å². The molecule has 0 aliphatic carbocycles. The van der Waals surface area contributed by atoms with Crippen molar-refractivity contribution in [3.8, 4) is 0 Å². The maximum Gasteiger partial charge on any atom is 0.250 e. The van der Waals surface area contributed by atoms with E-state index in [4.69, 9.17) is 4.84 Å². The number of nitrogens with one attached hydrogen (secondary N) is 2. The van der Waals surface area contributed by atoms with E-state index >= 15 is 0 Å². The van der Waals surface area contributed by atoms with E-state index < -0.39 is 23.7 Å². The van der Waals surface area contributed by atoms with E-state index in [2.05, 4.69) is 22.7 Å². The summed E-state index contributed by atoms with van der Waals surface area (Å²) < 4.78 is 13.1. The first-order valence-corrected chi connectivity index (χ1v) is 11.9. The van der Waals surface area contributed by atoms with Crippen molar-refractivity contribution in [3.05, 3.63) is 60.0 Å². The number of unbranched alkanes of at least 4 members (excludes halogenated alkanes) is 2. The summed E-state index contributed by atoms with van der Waals surface area (Å²) in [5.74, 6) is -1.54. The zero-order valence-electron chi connectivity index (χ0n) is 19.9. The summed E-state index contributed by atoms with van der Waals surface area (Å²) in [5, 5.41) is 5.13. The lowest BCUT2D eigenvalue weighted by molar-refractivity contribution is -0.183. The number of amides is 3. The second-order valence-corrected chi connectivity index (χ2v) is 8.43. The summed E-state index contributed by atoms with van der Waals surface area (Å²) in [5.41, 5.74) is 3.90. The minimum atomic E-state index is -0.752. The summed E-state index contributed by atoms with van der Waals surface area (Å²) >= 11 is 0. The van der Waals surface area contributed by atoms with Gasteiger partial charge < -0.3 is 5.32 Å². The van der Waals surface area contributed by atoms with Crippen molar-refractivity contribution >= 4 is 24.0 Å². The number of benzene rings is 1. The number of halogens is 1. The minimum Gasteiger partial charge on any atom is -0.309 e. The summed E-state index contributed by atoms with van der Waals surface area (Å²) in [7, 11) is 0. The number of carbonyl (C=O) groups is 3. The molecule has 9 nitrogen and oxygen atoms in total. The largest absolute Gasteiger partial charge is 0.309 e. The molecule has 35 heavy (non-hydrogen) atoms. The highest BCUT2D eigenvalue weighted by molar-refractivity contribution is 5.97. The van der Waals surface area contributed by atoms with Gasteiger partial charge in [-0.3, -0.25) is 24.2 Å². The van der Waals surface area contributed by atoms with Crippen LogP contribution in [-0.2, 0) is 25.8 Å². The lowest BCUT2D eigenvalue weighted by Crippen LogP contribution is -2.51. The molecule has 0 unspecified atom stereocenters. The van der Waals surface area contributed by atoms with Gasteiger partial charge in [-0.05, 0) is 30.5 Å². The molecule has 0 spiro atoms. The number of pyridine rings is 1. The number of anilines is 1. The molecule has 1 aliphatic heterocycles. The van der Waals surface area contributed by atoms with Crippen LogP contribution in [0.2, 0.25) is 0 Å². The number of rotatable bonds is 13. The van der Waals surface area contributed by atoms with E-state index in [0.717, 1.165) is 36.1 Å². The quantitative estimate of drug-likeness (QED) is 0.257. The minimum absolute atomic E-state index is 0.0743. The molecule has 3 rings (SSSR count). The van der Waals surface area contributed by atoms with Crippen LogP contribution < -0.4 is 10.7 Å². The average Bonchev–Trinajstić information content (AvgIpc) is 3.37. The van der Waals surface area contributed by atoms with Crippen LogP contribution in [-0.4, -0.2) is 52.4 Å². The number of hydrazine groups is 1. The van der Waals surface area contributed by atoms with Crippen LogP contribution in [0.3, 0.4) is 0 Å². The number of aromatic nitrogens is 1. The predicted molar refractivity (Wildman–Crippen MR) is 128 cm³/mol. The molecule has 2 heterocycles. The van der Waals surface area contributed by atoms with Gasteiger partial charge in [0, 0.05) is 6.54 Å². The fourth-order valence-electron chi connectivity index (χ4n) is 3.91. The molecule has 0 radical (unpaired) electrons. The van der Waals surface area contributed by atoms with Gasteiger partial charge in [-0.15, -0.1) is 0 Å². The van der Waals surface area contributed by atoms with Crippen molar-refractivity contribution in [2.75, 3.05) is 18.4 Å². The first-order valence-electron chi connectivity index (χ1n) is 11.9. The van der Waals surface area contributed by atoms with Gasteiger partial charge in [0.15, 0.2) is 0 Å². The molecule has 1 aliphatic rings. The highest BCUT2D eigenvalue weighted by Gasteiger charge is 2.38. The van der Waals surface area contributed by atoms with E-state index in [0.29, 0.717) is 25.8 Å².